The second kappa shape index (κ2) is 8.47. The van der Waals surface area contributed by atoms with Crippen LogP contribution in [0.1, 0.15) is 27.3 Å². The summed E-state index contributed by atoms with van der Waals surface area (Å²) in [4.78, 5) is 34.4. The second-order valence-corrected chi connectivity index (χ2v) is 7.38. The van der Waals surface area contributed by atoms with Gasteiger partial charge < -0.3 is 9.88 Å². The quantitative estimate of drug-likeness (QED) is 0.535. The van der Waals surface area contributed by atoms with Crippen LogP contribution in [0.2, 0.25) is 5.02 Å². The molecule has 0 aliphatic carbocycles. The number of rotatable bonds is 5. The highest BCUT2D eigenvalue weighted by molar-refractivity contribution is 6.30. The largest absolute Gasteiger partial charge is 0.346 e. The predicted octanol–water partition coefficient (Wildman–Crippen LogP) is 3.73. The maximum atomic E-state index is 13.0. The van der Waals surface area contributed by atoms with Gasteiger partial charge in [0.15, 0.2) is 0 Å². The van der Waals surface area contributed by atoms with Crippen molar-refractivity contribution in [1.29, 1.82) is 0 Å². The molecule has 0 spiro atoms. The van der Waals surface area contributed by atoms with Crippen molar-refractivity contribution in [1.82, 2.24) is 19.9 Å². The molecule has 0 saturated heterocycles. The normalized spacial score (nSPS) is 10.9. The molecule has 1 N–H and O–H groups in total. The van der Waals surface area contributed by atoms with Crippen molar-refractivity contribution < 1.29 is 4.79 Å². The molecule has 1 aromatic carbocycles. The maximum Gasteiger partial charge on any atom is 0.260 e. The molecule has 0 bridgehead atoms. The molecule has 0 fully saturated rings. The van der Waals surface area contributed by atoms with E-state index in [1.165, 1.54) is 6.20 Å². The zero-order chi connectivity index (χ0) is 21.1. The van der Waals surface area contributed by atoms with Gasteiger partial charge in [-0.05, 0) is 36.8 Å². The molecule has 0 aliphatic rings. The van der Waals surface area contributed by atoms with E-state index >= 15 is 0 Å². The van der Waals surface area contributed by atoms with Crippen molar-refractivity contribution in [2.24, 2.45) is 0 Å². The van der Waals surface area contributed by atoms with Crippen LogP contribution in [0, 0.1) is 6.92 Å². The van der Waals surface area contributed by atoms with Crippen LogP contribution < -0.4 is 10.9 Å². The Balaban J connectivity index is 1.62. The van der Waals surface area contributed by atoms with Crippen molar-refractivity contribution in [3.05, 3.63) is 105 Å². The van der Waals surface area contributed by atoms with E-state index in [0.29, 0.717) is 39.4 Å². The number of fused-ring (bicyclic) bond motifs is 1. The lowest BCUT2D eigenvalue weighted by Gasteiger charge is -2.11. The second-order valence-electron chi connectivity index (χ2n) is 6.94. The Morgan fingerprint density at radius 3 is 2.67 bits per heavy atom. The van der Waals surface area contributed by atoms with Crippen LogP contribution >= 0.6 is 11.6 Å². The Morgan fingerprint density at radius 1 is 1.13 bits per heavy atom. The number of halogens is 1. The minimum Gasteiger partial charge on any atom is -0.346 e. The Bertz CT molecular complexity index is 1270. The summed E-state index contributed by atoms with van der Waals surface area (Å²) in [6.07, 6.45) is 3.26. The molecular weight excluding hydrogens is 400 g/mol. The molecule has 0 aliphatic heterocycles. The number of pyridine rings is 3. The van der Waals surface area contributed by atoms with Gasteiger partial charge in [-0.2, -0.15) is 0 Å². The van der Waals surface area contributed by atoms with Gasteiger partial charge in [0, 0.05) is 12.4 Å². The topological polar surface area (TPSA) is 76.9 Å². The number of carbonyl (C=O) groups is 1. The van der Waals surface area contributed by atoms with E-state index in [0.717, 1.165) is 5.56 Å². The summed E-state index contributed by atoms with van der Waals surface area (Å²) in [7, 11) is 0. The van der Waals surface area contributed by atoms with Crippen molar-refractivity contribution in [2.45, 2.75) is 20.0 Å². The number of nitrogens with zero attached hydrogens (tertiary/aromatic N) is 3. The van der Waals surface area contributed by atoms with Gasteiger partial charge in [0.2, 0.25) is 0 Å². The molecule has 3 aromatic heterocycles. The summed E-state index contributed by atoms with van der Waals surface area (Å²) in [5.41, 5.74) is 3.02. The van der Waals surface area contributed by atoms with Gasteiger partial charge in [-0.15, -0.1) is 0 Å². The molecule has 4 rings (SSSR count). The highest BCUT2D eigenvalue weighted by Gasteiger charge is 2.14. The van der Waals surface area contributed by atoms with Gasteiger partial charge >= 0.3 is 0 Å². The van der Waals surface area contributed by atoms with E-state index in [9.17, 15) is 9.59 Å². The number of nitrogens with one attached hydrogen (secondary N) is 1. The van der Waals surface area contributed by atoms with E-state index in [4.69, 9.17) is 11.6 Å². The van der Waals surface area contributed by atoms with Gasteiger partial charge in [-0.25, -0.2) is 0 Å². The maximum absolute atomic E-state index is 13.0. The molecule has 0 saturated carbocycles. The van der Waals surface area contributed by atoms with Crippen LogP contribution in [0.15, 0.2) is 71.8 Å². The lowest BCUT2D eigenvalue weighted by molar-refractivity contribution is 0.0949. The van der Waals surface area contributed by atoms with Gasteiger partial charge in [-0.3, -0.25) is 19.6 Å². The summed E-state index contributed by atoms with van der Waals surface area (Å²) in [5, 5.41) is 3.77. The van der Waals surface area contributed by atoms with Crippen LogP contribution in [0.3, 0.4) is 0 Å². The van der Waals surface area contributed by atoms with Gasteiger partial charge in [0.05, 0.1) is 46.0 Å². The van der Waals surface area contributed by atoms with Crippen LogP contribution in [-0.2, 0) is 13.1 Å². The molecule has 7 heteroatoms. The van der Waals surface area contributed by atoms with Crippen LogP contribution in [0.4, 0.5) is 0 Å². The van der Waals surface area contributed by atoms with Crippen LogP contribution in [0.5, 0.6) is 0 Å². The minimum atomic E-state index is -0.309. The first kappa shape index (κ1) is 19.8. The number of amides is 1. The molecule has 6 nitrogen and oxygen atoms in total. The summed E-state index contributed by atoms with van der Waals surface area (Å²) in [6, 6.07) is 16.6. The molecule has 4 aromatic rings. The van der Waals surface area contributed by atoms with Gasteiger partial charge in [-0.1, -0.05) is 41.9 Å². The fourth-order valence-electron chi connectivity index (χ4n) is 3.22. The van der Waals surface area contributed by atoms with Crippen molar-refractivity contribution in [3.63, 3.8) is 0 Å². The molecule has 0 atom stereocenters. The Hall–Kier alpha value is -3.51. The van der Waals surface area contributed by atoms with Crippen molar-refractivity contribution in [3.8, 4) is 0 Å². The molecule has 3 heterocycles. The van der Waals surface area contributed by atoms with Gasteiger partial charge in [0.1, 0.15) is 0 Å². The first-order valence-corrected chi connectivity index (χ1v) is 9.82. The zero-order valence-electron chi connectivity index (χ0n) is 16.3. The first-order valence-electron chi connectivity index (χ1n) is 9.44. The third-order valence-electron chi connectivity index (χ3n) is 4.81. The average Bonchev–Trinajstić information content (AvgIpc) is 2.75. The molecule has 1 amide bonds. The fraction of sp³-hybridized carbons (Fsp3) is 0.130. The fourth-order valence-corrected chi connectivity index (χ4v) is 3.33. The van der Waals surface area contributed by atoms with E-state index in [2.05, 4.69) is 15.3 Å². The molecule has 0 radical (unpaired) electrons. The van der Waals surface area contributed by atoms with E-state index in [1.54, 1.807) is 42.0 Å². The third kappa shape index (κ3) is 4.23. The summed E-state index contributed by atoms with van der Waals surface area (Å²) < 4.78 is 1.62. The number of aryl methyl sites for hydroxylation is 1. The highest BCUT2D eigenvalue weighted by Crippen LogP contribution is 2.14. The predicted molar refractivity (Wildman–Crippen MR) is 117 cm³/mol. The summed E-state index contributed by atoms with van der Waals surface area (Å²) in [6.45, 7) is 2.46. The zero-order valence-corrected chi connectivity index (χ0v) is 17.1. The van der Waals surface area contributed by atoms with Crippen molar-refractivity contribution >= 4 is 28.4 Å². The monoisotopic (exact) mass is 418 g/mol. The number of benzene rings is 1. The SMILES string of the molecule is Cc1nc2ccn(Cc3ccccc3)c(=O)c2cc1C(=O)NCc1ccc(Cl)cn1. The van der Waals surface area contributed by atoms with Crippen LogP contribution in [0.25, 0.3) is 10.9 Å². The summed E-state index contributed by atoms with van der Waals surface area (Å²) in [5.74, 6) is -0.309. The Morgan fingerprint density at radius 2 is 1.93 bits per heavy atom. The third-order valence-corrected chi connectivity index (χ3v) is 5.03. The number of aromatic nitrogens is 3. The lowest BCUT2D eigenvalue weighted by Crippen LogP contribution is -2.26. The van der Waals surface area contributed by atoms with Crippen LogP contribution in [-0.4, -0.2) is 20.4 Å². The average molecular weight is 419 g/mol. The lowest BCUT2D eigenvalue weighted by atomic mass is 10.1. The van der Waals surface area contributed by atoms with E-state index in [1.807, 2.05) is 30.3 Å². The molecule has 150 valence electrons. The molecule has 30 heavy (non-hydrogen) atoms. The first-order chi connectivity index (χ1) is 14.5. The number of hydrogen-bond acceptors (Lipinski definition) is 4. The Kier molecular flexibility index (Phi) is 5.59. The smallest absolute Gasteiger partial charge is 0.260 e. The minimum absolute atomic E-state index is 0.183. The molecule has 0 unspecified atom stereocenters. The highest BCUT2D eigenvalue weighted by atomic mass is 35.5. The summed E-state index contributed by atoms with van der Waals surface area (Å²) >= 11 is 5.84. The standard InChI is InChI=1S/C23H19ClN4O2/c1-15-19(22(29)26-13-18-8-7-17(24)12-25-18)11-20-21(27-15)9-10-28(23(20)30)14-16-5-3-2-4-6-16/h2-12H,13-14H2,1H3,(H,26,29). The Labute approximate surface area is 178 Å². The van der Waals surface area contributed by atoms with Crippen molar-refractivity contribution in [2.75, 3.05) is 0 Å². The van der Waals surface area contributed by atoms with E-state index < -0.39 is 0 Å². The van der Waals surface area contributed by atoms with E-state index in [-0.39, 0.29) is 18.0 Å². The number of carbonyl (C=O) groups excluding carboxylic acids is 1. The molecular formula is C23H19ClN4O2. The van der Waals surface area contributed by atoms with Gasteiger partial charge in [0.25, 0.3) is 11.5 Å². The number of hydrogen-bond donors (Lipinski definition) is 1.